The Bertz CT molecular complexity index is 816. The van der Waals surface area contributed by atoms with Gasteiger partial charge in [-0.15, -0.1) is 5.10 Å². The average molecular weight is 299 g/mol. The van der Waals surface area contributed by atoms with Crippen molar-refractivity contribution in [1.82, 2.24) is 34.8 Å². The summed E-state index contributed by atoms with van der Waals surface area (Å²) in [6.07, 6.45) is 1.49. The molecule has 8 nitrogen and oxygen atoms in total. The second-order valence-corrected chi connectivity index (χ2v) is 5.66. The zero-order chi connectivity index (χ0) is 15.1. The molecule has 4 rings (SSSR count). The molecule has 3 aromatic heterocycles. The summed E-state index contributed by atoms with van der Waals surface area (Å²) >= 11 is 0. The van der Waals surface area contributed by atoms with Crippen LogP contribution in [0.5, 0.6) is 0 Å². The number of hydrogen-bond donors (Lipinski definition) is 1. The van der Waals surface area contributed by atoms with Crippen molar-refractivity contribution >= 4 is 5.78 Å². The second kappa shape index (κ2) is 5.13. The minimum Gasteiger partial charge on any atom is -0.381 e. The number of ether oxygens (including phenoxy) is 1. The summed E-state index contributed by atoms with van der Waals surface area (Å²) in [6, 6.07) is 1.98. The van der Waals surface area contributed by atoms with Gasteiger partial charge in [-0.1, -0.05) is 0 Å². The molecule has 0 saturated carbocycles. The van der Waals surface area contributed by atoms with Crippen LogP contribution in [0.4, 0.5) is 0 Å². The lowest BCUT2D eigenvalue weighted by molar-refractivity contribution is 0.193. The summed E-state index contributed by atoms with van der Waals surface area (Å²) in [6.45, 7) is 5.43. The third kappa shape index (κ3) is 2.35. The van der Waals surface area contributed by atoms with E-state index < -0.39 is 0 Å². The first-order valence-corrected chi connectivity index (χ1v) is 7.38. The molecule has 1 aliphatic heterocycles. The number of nitrogens with zero attached hydrogens (tertiary/aromatic N) is 6. The number of nitrogens with one attached hydrogen (secondary N) is 1. The van der Waals surface area contributed by atoms with Gasteiger partial charge in [-0.2, -0.15) is 10.1 Å². The maximum Gasteiger partial charge on any atom is 0.252 e. The summed E-state index contributed by atoms with van der Waals surface area (Å²) < 4.78 is 7.13. The zero-order valence-electron chi connectivity index (χ0n) is 12.6. The maximum atomic E-state index is 5.37. The van der Waals surface area contributed by atoms with Crippen LogP contribution >= 0.6 is 0 Å². The molecular formula is C14H17N7O. The fourth-order valence-corrected chi connectivity index (χ4v) is 2.74. The van der Waals surface area contributed by atoms with Gasteiger partial charge in [0.05, 0.1) is 13.0 Å². The highest BCUT2D eigenvalue weighted by Crippen LogP contribution is 2.22. The molecule has 114 valence electrons. The molecule has 0 aliphatic carbocycles. The fourth-order valence-electron chi connectivity index (χ4n) is 2.74. The lowest BCUT2D eigenvalue weighted by Gasteiger charge is -1.98. The Hall–Kier alpha value is -2.35. The van der Waals surface area contributed by atoms with Gasteiger partial charge in [-0.3, -0.25) is 5.10 Å². The molecule has 22 heavy (non-hydrogen) atoms. The first-order valence-electron chi connectivity index (χ1n) is 7.38. The minimum absolute atomic E-state index is 0.297. The van der Waals surface area contributed by atoms with Crippen molar-refractivity contribution in [3.8, 4) is 0 Å². The third-order valence-corrected chi connectivity index (χ3v) is 3.83. The van der Waals surface area contributed by atoms with E-state index in [9.17, 15) is 0 Å². The smallest absolute Gasteiger partial charge is 0.252 e. The second-order valence-electron chi connectivity index (χ2n) is 5.66. The predicted octanol–water partition coefficient (Wildman–Crippen LogP) is 0.954. The number of aromatic nitrogens is 7. The zero-order valence-corrected chi connectivity index (χ0v) is 12.6. The van der Waals surface area contributed by atoms with E-state index >= 15 is 0 Å². The highest BCUT2D eigenvalue weighted by atomic mass is 16.5. The van der Waals surface area contributed by atoms with E-state index in [4.69, 9.17) is 4.74 Å². The predicted molar refractivity (Wildman–Crippen MR) is 77.6 cm³/mol. The van der Waals surface area contributed by atoms with Gasteiger partial charge in [0.25, 0.3) is 5.78 Å². The van der Waals surface area contributed by atoms with Crippen LogP contribution in [-0.2, 0) is 11.2 Å². The van der Waals surface area contributed by atoms with Crippen molar-refractivity contribution in [1.29, 1.82) is 0 Å². The van der Waals surface area contributed by atoms with E-state index in [0.29, 0.717) is 30.5 Å². The molecule has 0 unspecified atom stereocenters. The molecule has 8 heteroatoms. The molecule has 0 radical (unpaired) electrons. The molecule has 1 aliphatic rings. The third-order valence-electron chi connectivity index (χ3n) is 3.83. The average Bonchev–Trinajstić information content (AvgIpc) is 3.17. The number of fused-ring (bicyclic) bond motifs is 1. The molecule has 1 saturated heterocycles. The summed E-state index contributed by atoms with van der Waals surface area (Å²) in [5, 5.41) is 11.7. The van der Waals surface area contributed by atoms with E-state index in [1.165, 1.54) is 0 Å². The molecule has 0 aromatic carbocycles. The van der Waals surface area contributed by atoms with Crippen LogP contribution in [0.3, 0.4) is 0 Å². The van der Waals surface area contributed by atoms with Gasteiger partial charge in [0.15, 0.2) is 11.6 Å². The van der Waals surface area contributed by atoms with Gasteiger partial charge >= 0.3 is 0 Å². The monoisotopic (exact) mass is 299 g/mol. The van der Waals surface area contributed by atoms with Crippen molar-refractivity contribution in [2.75, 3.05) is 13.2 Å². The van der Waals surface area contributed by atoms with Crippen molar-refractivity contribution < 1.29 is 4.74 Å². The van der Waals surface area contributed by atoms with Crippen LogP contribution < -0.4 is 0 Å². The molecule has 4 heterocycles. The molecule has 1 fully saturated rings. The van der Waals surface area contributed by atoms with Crippen LogP contribution in [0, 0.1) is 13.8 Å². The van der Waals surface area contributed by atoms with Crippen molar-refractivity contribution in [2.24, 2.45) is 0 Å². The van der Waals surface area contributed by atoms with Gasteiger partial charge in [0.2, 0.25) is 0 Å². The van der Waals surface area contributed by atoms with Crippen LogP contribution in [0.25, 0.3) is 5.78 Å². The van der Waals surface area contributed by atoms with Crippen LogP contribution in [0.1, 0.15) is 41.2 Å². The van der Waals surface area contributed by atoms with Crippen LogP contribution in [0.2, 0.25) is 0 Å². The minimum atomic E-state index is 0.297. The topological polar surface area (TPSA) is 93.9 Å². The lowest BCUT2D eigenvalue weighted by atomic mass is 10.1. The van der Waals surface area contributed by atoms with E-state index in [0.717, 1.165) is 36.1 Å². The highest BCUT2D eigenvalue weighted by molar-refractivity contribution is 5.31. The summed E-state index contributed by atoms with van der Waals surface area (Å²) in [7, 11) is 0. The maximum absolute atomic E-state index is 5.37. The number of hydrogen-bond acceptors (Lipinski definition) is 6. The quantitative estimate of drug-likeness (QED) is 0.774. The normalized spacial score (nSPS) is 18.4. The number of H-pyrrole nitrogens is 1. The van der Waals surface area contributed by atoms with Gasteiger partial charge in [0, 0.05) is 23.9 Å². The summed E-state index contributed by atoms with van der Waals surface area (Å²) in [5.41, 5.74) is 1.95. The molecule has 1 N–H and O–H groups in total. The Labute approximate surface area is 127 Å². The molecule has 3 aromatic rings. The summed E-state index contributed by atoms with van der Waals surface area (Å²) in [5.74, 6) is 3.20. The van der Waals surface area contributed by atoms with Gasteiger partial charge < -0.3 is 4.74 Å². The first-order chi connectivity index (χ1) is 10.7. The molecular weight excluding hydrogens is 282 g/mol. The Morgan fingerprint density at radius 2 is 2.23 bits per heavy atom. The van der Waals surface area contributed by atoms with Crippen molar-refractivity contribution in [3.63, 3.8) is 0 Å². The Morgan fingerprint density at radius 1 is 1.32 bits per heavy atom. The molecule has 0 amide bonds. The molecule has 0 spiro atoms. The molecule has 1 atom stereocenters. The van der Waals surface area contributed by atoms with Crippen molar-refractivity contribution in [3.05, 3.63) is 34.9 Å². The van der Waals surface area contributed by atoms with Gasteiger partial charge in [-0.05, 0) is 26.3 Å². The van der Waals surface area contributed by atoms with Gasteiger partial charge in [-0.25, -0.2) is 14.5 Å². The van der Waals surface area contributed by atoms with E-state index in [1.54, 1.807) is 4.52 Å². The largest absolute Gasteiger partial charge is 0.381 e. The Kier molecular flexibility index (Phi) is 3.11. The first kappa shape index (κ1) is 13.3. The SMILES string of the molecule is Cc1cc(C)n2nc(Cc3nc([C@@H]4CCOC4)n[nH]3)nc2n1. The Morgan fingerprint density at radius 3 is 3.05 bits per heavy atom. The van der Waals surface area contributed by atoms with Crippen LogP contribution in [-0.4, -0.2) is 48.0 Å². The van der Waals surface area contributed by atoms with E-state index in [2.05, 4.69) is 30.2 Å². The fraction of sp³-hybridized carbons (Fsp3) is 0.500. The number of rotatable bonds is 3. The van der Waals surface area contributed by atoms with Gasteiger partial charge in [0.1, 0.15) is 5.82 Å². The Balaban J connectivity index is 1.59. The highest BCUT2D eigenvalue weighted by Gasteiger charge is 2.22. The summed E-state index contributed by atoms with van der Waals surface area (Å²) in [4.78, 5) is 13.4. The van der Waals surface area contributed by atoms with E-state index in [1.807, 2.05) is 19.9 Å². The number of aryl methyl sites for hydroxylation is 2. The van der Waals surface area contributed by atoms with Crippen molar-refractivity contribution in [2.45, 2.75) is 32.6 Å². The standard InChI is InChI=1S/C14H17N7O/c1-8-5-9(2)21-14(15-8)17-12(20-21)6-11-16-13(19-18-11)10-3-4-22-7-10/h5,10H,3-4,6-7H2,1-2H3,(H,16,18,19)/t10-/m1/s1. The van der Waals surface area contributed by atoms with E-state index in [-0.39, 0.29) is 0 Å². The number of aromatic amines is 1. The van der Waals surface area contributed by atoms with Crippen LogP contribution in [0.15, 0.2) is 6.07 Å². The molecule has 0 bridgehead atoms. The lowest BCUT2D eigenvalue weighted by Crippen LogP contribution is -2.00.